The summed E-state index contributed by atoms with van der Waals surface area (Å²) < 4.78 is 0. The molecule has 5 atom stereocenters. The van der Waals surface area contributed by atoms with E-state index < -0.39 is 65.7 Å². The van der Waals surface area contributed by atoms with Gasteiger partial charge in [0.15, 0.2) is 11.9 Å². The number of carbonyl (C=O) groups excluding carboxylic acids is 6. The molecule has 2 aliphatic heterocycles. The Morgan fingerprint density at radius 2 is 1.12 bits per heavy atom. The third-order valence-corrected chi connectivity index (χ3v) is 14.6. The van der Waals surface area contributed by atoms with Gasteiger partial charge in [-0.25, -0.2) is 0 Å². The first-order chi connectivity index (χ1) is 36.6. The van der Waals surface area contributed by atoms with Crippen LogP contribution in [0.3, 0.4) is 0 Å². The molecule has 2 heterocycles. The van der Waals surface area contributed by atoms with Crippen molar-refractivity contribution in [2.75, 3.05) is 35.3 Å². The van der Waals surface area contributed by atoms with Crippen molar-refractivity contribution in [1.82, 2.24) is 26.6 Å². The topological polar surface area (TPSA) is 220 Å². The van der Waals surface area contributed by atoms with Crippen molar-refractivity contribution in [3.63, 3.8) is 0 Å². The molecule has 5 unspecified atom stereocenters. The smallest absolute Gasteiger partial charge is 0.264 e. The second kappa shape index (κ2) is 24.2. The van der Waals surface area contributed by atoms with Crippen LogP contribution in [0.4, 0.5) is 17.1 Å². The molecule has 0 radical (unpaired) electrons. The molecule has 5 amide bonds. The zero-order valence-electron chi connectivity index (χ0n) is 43.7. The number of aryl methyl sites for hydroxylation is 2. The molecular weight excluding hydrogens is 1030 g/mol. The summed E-state index contributed by atoms with van der Waals surface area (Å²) in [6.45, 7) is 7.05. The van der Waals surface area contributed by atoms with Gasteiger partial charge < -0.3 is 36.0 Å². The van der Waals surface area contributed by atoms with Crippen LogP contribution in [0.15, 0.2) is 133 Å². The molecule has 7 aromatic carbocycles. The van der Waals surface area contributed by atoms with Crippen LogP contribution in [0.5, 0.6) is 0 Å². The van der Waals surface area contributed by atoms with Crippen LogP contribution in [-0.2, 0) is 32.3 Å². The Labute approximate surface area is 464 Å². The SMILES string of the molecule is CNC(C)C(=O)NC1CN(C(=O)c2ccc(C(=O)C3NC(NC(=O)C(C)NC)C(=O)N(Cc4c(C)ccc5ccccc45)c4ccc(C#N)cc43)cc2)c2cc(C#N)ccc2N(Cc2c(C)ccc3ccccc23)C1=O.Cl.Cl. The van der Waals surface area contributed by atoms with Crippen LogP contribution in [0.1, 0.15) is 79.5 Å². The molecule has 0 aromatic heterocycles. The fourth-order valence-electron chi connectivity index (χ4n) is 9.90. The minimum Gasteiger partial charge on any atom is -0.341 e. The zero-order chi connectivity index (χ0) is 53.9. The molecular formula is C60H58Cl2N10O6. The van der Waals surface area contributed by atoms with Gasteiger partial charge in [-0.2, -0.15) is 10.5 Å². The highest BCUT2D eigenvalue weighted by atomic mass is 35.5. The number of benzene rings is 7. The Morgan fingerprint density at radius 3 is 1.67 bits per heavy atom. The van der Waals surface area contributed by atoms with Gasteiger partial charge in [0.1, 0.15) is 12.1 Å². The average molecular weight is 1090 g/mol. The van der Waals surface area contributed by atoms with Gasteiger partial charge >= 0.3 is 0 Å². The predicted molar refractivity (Wildman–Crippen MR) is 306 cm³/mol. The summed E-state index contributed by atoms with van der Waals surface area (Å²) in [6, 6.07) is 39.4. The van der Waals surface area contributed by atoms with Gasteiger partial charge in [0.25, 0.3) is 17.7 Å². The number of nitrogens with zero attached hydrogens (tertiary/aromatic N) is 5. The average Bonchev–Trinajstić information content (AvgIpc) is 3.80. The number of nitrogens with one attached hydrogen (secondary N) is 5. The van der Waals surface area contributed by atoms with E-state index in [-0.39, 0.29) is 72.4 Å². The number of ketones is 1. The van der Waals surface area contributed by atoms with Crippen LogP contribution in [0.25, 0.3) is 21.5 Å². The van der Waals surface area contributed by atoms with Crippen LogP contribution >= 0.6 is 24.8 Å². The van der Waals surface area contributed by atoms with Crippen molar-refractivity contribution in [2.45, 2.75) is 71.1 Å². The highest BCUT2D eigenvalue weighted by Gasteiger charge is 2.41. The third kappa shape index (κ3) is 11.2. The fourth-order valence-corrected chi connectivity index (χ4v) is 9.90. The summed E-state index contributed by atoms with van der Waals surface area (Å²) in [5, 5.41) is 38.8. The molecule has 78 heavy (non-hydrogen) atoms. The van der Waals surface area contributed by atoms with Crippen LogP contribution in [-0.4, -0.2) is 80.3 Å². The monoisotopic (exact) mass is 1080 g/mol. The first-order valence-corrected chi connectivity index (χ1v) is 25.0. The summed E-state index contributed by atoms with van der Waals surface area (Å²) in [6.07, 6.45) is -1.41. The number of fused-ring (bicyclic) bond motifs is 4. The Morgan fingerprint density at radius 1 is 0.615 bits per heavy atom. The summed E-state index contributed by atoms with van der Waals surface area (Å²) >= 11 is 0. The first-order valence-electron chi connectivity index (χ1n) is 25.0. The normalized spacial score (nSPS) is 16.7. The highest BCUT2D eigenvalue weighted by Crippen LogP contribution is 2.39. The van der Waals surface area contributed by atoms with E-state index in [0.29, 0.717) is 16.9 Å². The maximum Gasteiger partial charge on any atom is 0.264 e. The number of anilines is 3. The van der Waals surface area contributed by atoms with Gasteiger partial charge in [0.05, 0.1) is 66.4 Å². The van der Waals surface area contributed by atoms with Crippen molar-refractivity contribution in [3.8, 4) is 12.1 Å². The predicted octanol–water partition coefficient (Wildman–Crippen LogP) is 7.59. The maximum absolute atomic E-state index is 15.1. The molecule has 0 bridgehead atoms. The second-order valence-electron chi connectivity index (χ2n) is 19.2. The summed E-state index contributed by atoms with van der Waals surface area (Å²) in [4.78, 5) is 91.8. The molecule has 5 N–H and O–H groups in total. The van der Waals surface area contributed by atoms with E-state index in [0.717, 1.165) is 43.8 Å². The molecule has 0 fully saturated rings. The van der Waals surface area contributed by atoms with E-state index in [4.69, 9.17) is 0 Å². The zero-order valence-corrected chi connectivity index (χ0v) is 45.3. The van der Waals surface area contributed by atoms with E-state index in [1.54, 1.807) is 69.2 Å². The minimum atomic E-state index is -1.41. The summed E-state index contributed by atoms with van der Waals surface area (Å²) in [5.74, 6) is -3.10. The van der Waals surface area contributed by atoms with Gasteiger partial charge in [-0.05, 0) is 134 Å². The van der Waals surface area contributed by atoms with Crippen LogP contribution in [0.2, 0.25) is 0 Å². The molecule has 18 heteroatoms. The van der Waals surface area contributed by atoms with Gasteiger partial charge in [0.2, 0.25) is 11.8 Å². The molecule has 2 aliphatic rings. The Balaban J connectivity index is 0.00000441. The van der Waals surface area contributed by atoms with E-state index in [9.17, 15) is 29.7 Å². The number of rotatable bonds is 13. The van der Waals surface area contributed by atoms with Gasteiger partial charge in [-0.15, -0.1) is 24.8 Å². The maximum atomic E-state index is 15.1. The summed E-state index contributed by atoms with van der Waals surface area (Å²) in [7, 11) is 3.23. The third-order valence-electron chi connectivity index (χ3n) is 14.6. The van der Waals surface area contributed by atoms with Gasteiger partial charge in [0, 0.05) is 22.4 Å². The number of hydrogen-bond donors (Lipinski definition) is 5. The lowest BCUT2D eigenvalue weighted by atomic mass is 9.93. The Bertz CT molecular complexity index is 3360. The number of hydrogen-bond acceptors (Lipinski definition) is 11. The van der Waals surface area contributed by atoms with E-state index >= 15 is 9.59 Å². The number of halogens is 2. The van der Waals surface area contributed by atoms with Crippen molar-refractivity contribution in [1.29, 1.82) is 10.5 Å². The lowest BCUT2D eigenvalue weighted by Gasteiger charge is -2.28. The second-order valence-corrected chi connectivity index (χ2v) is 19.2. The molecule has 0 spiro atoms. The van der Waals surface area contributed by atoms with Crippen LogP contribution in [0, 0.1) is 36.5 Å². The largest absolute Gasteiger partial charge is 0.341 e. The molecule has 9 rings (SSSR count). The summed E-state index contributed by atoms with van der Waals surface area (Å²) in [5.41, 5.74) is 5.54. The van der Waals surface area contributed by atoms with E-state index in [2.05, 4.69) is 38.7 Å². The van der Waals surface area contributed by atoms with Crippen molar-refractivity contribution in [2.24, 2.45) is 0 Å². The lowest BCUT2D eigenvalue weighted by molar-refractivity contribution is -0.129. The Kier molecular flexibility index (Phi) is 17.8. The molecule has 0 saturated heterocycles. The van der Waals surface area contributed by atoms with Crippen LogP contribution < -0.4 is 41.3 Å². The van der Waals surface area contributed by atoms with E-state index in [1.165, 1.54) is 34.1 Å². The quantitative estimate of drug-likeness (QED) is 0.0709. The first kappa shape index (κ1) is 57.2. The highest BCUT2D eigenvalue weighted by molar-refractivity contribution is 6.14. The fraction of sp³-hybridized carbons (Fsp3) is 0.233. The number of amides is 5. The number of carbonyl (C=O) groups is 6. The van der Waals surface area contributed by atoms with Crippen molar-refractivity contribution >= 4 is 98.7 Å². The molecule has 0 saturated carbocycles. The molecule has 398 valence electrons. The van der Waals surface area contributed by atoms with Gasteiger partial charge in [-0.3, -0.25) is 34.1 Å². The Hall–Kier alpha value is -8.48. The molecule has 7 aromatic rings. The standard InChI is InChI=1S/C60H56N10O6.2ClH/c1-34-15-19-40-11-7-9-13-44(40)47(34)31-68-50-25-17-38(29-61)27-46(50)53(66-55(60(68)76)67-57(73)37(4)64-6)54(71)42-21-23-43(24-22-42)58(74)70-33-49(65-56(72)36(3)63-5)59(75)69(51-26-18-39(30-62)28-52(51)70)32-48-35(2)16-20-41-12-8-10-14-45(41)48;;/h7-28,36-37,49,53,55,63-64,66H,31-33H2,1-6H3,(H,65,72)(H,67,73);2*1H. The van der Waals surface area contributed by atoms with E-state index in [1.807, 2.05) is 86.6 Å². The number of Topliss-reactive ketones (excluding diaryl/α,β-unsaturated/α-hetero) is 1. The molecule has 16 nitrogen and oxygen atoms in total. The number of nitriles is 2. The molecule has 0 aliphatic carbocycles. The van der Waals surface area contributed by atoms with Crippen molar-refractivity contribution in [3.05, 3.63) is 184 Å². The minimum absolute atomic E-state index is 0. The van der Waals surface area contributed by atoms with Gasteiger partial charge in [-0.1, -0.05) is 84.9 Å². The lowest BCUT2D eigenvalue weighted by Crippen LogP contribution is -2.58. The number of likely N-dealkylation sites (N-methyl/N-ethyl adjacent to an activating group) is 2. The van der Waals surface area contributed by atoms with Crippen molar-refractivity contribution < 1.29 is 28.8 Å².